The number of nitrogens with zero attached hydrogens (tertiary/aromatic N) is 2. The number of hydrogen-bond donors (Lipinski definition) is 0. The zero-order valence-electron chi connectivity index (χ0n) is 16.7. The van der Waals surface area contributed by atoms with Gasteiger partial charge in [0.05, 0.1) is 5.41 Å². The van der Waals surface area contributed by atoms with Crippen molar-refractivity contribution in [3.05, 3.63) is 65.7 Å². The zero-order chi connectivity index (χ0) is 19.7. The lowest BCUT2D eigenvalue weighted by Gasteiger charge is -2.31. The molecule has 0 N–H and O–H groups in total. The summed E-state index contributed by atoms with van der Waals surface area (Å²) in [6, 6.07) is 18.4. The monoisotopic (exact) mass is 376 g/mol. The Bertz CT molecular complexity index is 875. The Morgan fingerprint density at radius 3 is 2.46 bits per heavy atom. The molecule has 4 rings (SSSR count). The van der Waals surface area contributed by atoms with Crippen LogP contribution in [0.5, 0.6) is 0 Å². The van der Waals surface area contributed by atoms with E-state index in [1.54, 1.807) is 4.90 Å². The van der Waals surface area contributed by atoms with Gasteiger partial charge in [-0.05, 0) is 42.9 Å². The van der Waals surface area contributed by atoms with E-state index >= 15 is 0 Å². The van der Waals surface area contributed by atoms with Gasteiger partial charge in [0.25, 0.3) is 0 Å². The Morgan fingerprint density at radius 2 is 1.79 bits per heavy atom. The lowest BCUT2D eigenvalue weighted by molar-refractivity contribution is -0.136. The van der Waals surface area contributed by atoms with E-state index < -0.39 is 5.41 Å². The third-order valence-electron chi connectivity index (χ3n) is 6.07. The number of carbonyl (C=O) groups excluding carboxylic acids is 2. The van der Waals surface area contributed by atoms with Gasteiger partial charge in [-0.1, -0.05) is 55.5 Å². The van der Waals surface area contributed by atoms with E-state index in [0.29, 0.717) is 12.5 Å². The molecule has 1 atom stereocenters. The third kappa shape index (κ3) is 3.21. The van der Waals surface area contributed by atoms with Crippen LogP contribution in [0, 0.1) is 0 Å². The second-order valence-corrected chi connectivity index (χ2v) is 8.12. The molecule has 0 bridgehead atoms. The Hall–Kier alpha value is -2.62. The lowest BCUT2D eigenvalue weighted by Crippen LogP contribution is -2.46. The molecule has 0 aromatic heterocycles. The van der Waals surface area contributed by atoms with Crippen molar-refractivity contribution in [2.24, 2.45) is 0 Å². The summed E-state index contributed by atoms with van der Waals surface area (Å²) in [7, 11) is 1.82. The number of likely N-dealkylation sites (N-methyl/N-ethyl adjacent to an activating group) is 1. The average molecular weight is 377 g/mol. The molecule has 0 spiro atoms. The summed E-state index contributed by atoms with van der Waals surface area (Å²) in [6.07, 6.45) is 3.89. The fraction of sp³-hybridized carbons (Fsp3) is 0.417. The van der Waals surface area contributed by atoms with E-state index in [1.165, 1.54) is 0 Å². The van der Waals surface area contributed by atoms with Gasteiger partial charge in [-0.25, -0.2) is 0 Å². The van der Waals surface area contributed by atoms with Gasteiger partial charge in [0.2, 0.25) is 11.8 Å². The summed E-state index contributed by atoms with van der Waals surface area (Å²) in [4.78, 5) is 30.7. The van der Waals surface area contributed by atoms with Crippen LogP contribution >= 0.6 is 0 Å². The highest BCUT2D eigenvalue weighted by atomic mass is 16.2. The number of rotatable bonds is 7. The maximum Gasteiger partial charge on any atom is 0.238 e. The molecule has 2 aromatic carbocycles. The topological polar surface area (TPSA) is 40.6 Å². The van der Waals surface area contributed by atoms with Crippen LogP contribution < -0.4 is 4.90 Å². The number of para-hydroxylation sites is 1. The van der Waals surface area contributed by atoms with Gasteiger partial charge >= 0.3 is 0 Å². The zero-order valence-corrected chi connectivity index (χ0v) is 16.7. The van der Waals surface area contributed by atoms with Gasteiger partial charge < -0.3 is 9.80 Å². The van der Waals surface area contributed by atoms with E-state index in [9.17, 15) is 9.59 Å². The molecule has 0 saturated heterocycles. The highest BCUT2D eigenvalue weighted by molar-refractivity contribution is 6.10. The Kier molecular flexibility index (Phi) is 4.96. The van der Waals surface area contributed by atoms with Crippen molar-refractivity contribution in [1.29, 1.82) is 0 Å². The molecular formula is C24H28N2O2. The summed E-state index contributed by atoms with van der Waals surface area (Å²) in [6.45, 7) is 2.88. The minimum absolute atomic E-state index is 0.0261. The largest absolute Gasteiger partial charge is 0.340 e. The Balaban J connectivity index is 1.74. The minimum atomic E-state index is -0.829. The number of fused-ring (bicyclic) bond motifs is 1. The summed E-state index contributed by atoms with van der Waals surface area (Å²) < 4.78 is 0. The second kappa shape index (κ2) is 7.42. The number of amides is 2. The predicted octanol–water partition coefficient (Wildman–Crippen LogP) is 3.93. The predicted molar refractivity (Wildman–Crippen MR) is 111 cm³/mol. The van der Waals surface area contributed by atoms with Gasteiger partial charge in [-0.2, -0.15) is 0 Å². The maximum absolute atomic E-state index is 13.5. The molecule has 146 valence electrons. The summed E-state index contributed by atoms with van der Waals surface area (Å²) >= 11 is 0. The molecule has 28 heavy (non-hydrogen) atoms. The van der Waals surface area contributed by atoms with E-state index in [1.807, 2.05) is 66.5 Å². The first-order valence-electron chi connectivity index (χ1n) is 10.3. The van der Waals surface area contributed by atoms with Crippen LogP contribution in [0.25, 0.3) is 0 Å². The van der Waals surface area contributed by atoms with Crippen molar-refractivity contribution >= 4 is 17.5 Å². The van der Waals surface area contributed by atoms with Crippen molar-refractivity contribution in [3.8, 4) is 0 Å². The normalized spacial score (nSPS) is 20.9. The Morgan fingerprint density at radius 1 is 1.11 bits per heavy atom. The fourth-order valence-corrected chi connectivity index (χ4v) is 4.56. The molecule has 1 aliphatic heterocycles. The number of anilines is 1. The third-order valence-corrected chi connectivity index (χ3v) is 6.07. The van der Waals surface area contributed by atoms with E-state index in [2.05, 4.69) is 6.92 Å². The lowest BCUT2D eigenvalue weighted by atomic mass is 9.73. The Labute approximate surface area is 167 Å². The van der Waals surface area contributed by atoms with Crippen LogP contribution in [-0.4, -0.2) is 36.3 Å². The molecule has 2 aliphatic rings. The first-order chi connectivity index (χ1) is 13.6. The van der Waals surface area contributed by atoms with Crippen LogP contribution in [0.2, 0.25) is 0 Å². The van der Waals surface area contributed by atoms with Crippen LogP contribution in [0.1, 0.15) is 43.7 Å². The summed E-state index contributed by atoms with van der Waals surface area (Å²) in [5.74, 6) is 0.136. The van der Waals surface area contributed by atoms with Gasteiger partial charge in [0.15, 0.2) is 0 Å². The van der Waals surface area contributed by atoms with Crippen molar-refractivity contribution in [3.63, 3.8) is 0 Å². The highest BCUT2D eigenvalue weighted by Crippen LogP contribution is 2.46. The van der Waals surface area contributed by atoms with Gasteiger partial charge in [0.1, 0.15) is 0 Å². The average Bonchev–Trinajstić information content (AvgIpc) is 3.53. The summed E-state index contributed by atoms with van der Waals surface area (Å²) in [5, 5.41) is 0. The van der Waals surface area contributed by atoms with Crippen LogP contribution in [-0.2, 0) is 21.4 Å². The molecule has 1 saturated carbocycles. The first kappa shape index (κ1) is 18.7. The molecule has 2 aromatic rings. The van der Waals surface area contributed by atoms with Gasteiger partial charge in [-0.3, -0.25) is 9.59 Å². The summed E-state index contributed by atoms with van der Waals surface area (Å²) in [5.41, 5.74) is 2.16. The maximum atomic E-state index is 13.5. The molecule has 0 radical (unpaired) electrons. The van der Waals surface area contributed by atoms with E-state index in [4.69, 9.17) is 0 Å². The molecule has 2 amide bonds. The first-order valence-corrected chi connectivity index (χ1v) is 10.3. The standard InChI is InChI=1S/C24H28N2O2/c1-3-15-26(19-13-14-19)22(27)17-24(16-18-9-5-4-6-10-18)20-11-7-8-12-21(20)25(2)23(24)28/h4-12,19H,3,13-17H2,1-2H3/t24-/m0/s1. The van der Waals surface area contributed by atoms with Gasteiger partial charge in [0, 0.05) is 31.7 Å². The number of carbonyl (C=O) groups is 2. The molecule has 4 heteroatoms. The molecule has 4 nitrogen and oxygen atoms in total. The fourth-order valence-electron chi connectivity index (χ4n) is 4.56. The molecule has 1 fully saturated rings. The molecule has 0 unspecified atom stereocenters. The smallest absolute Gasteiger partial charge is 0.238 e. The van der Waals surface area contributed by atoms with Crippen molar-refractivity contribution in [2.45, 2.75) is 50.5 Å². The quantitative estimate of drug-likeness (QED) is 0.734. The van der Waals surface area contributed by atoms with Crippen molar-refractivity contribution < 1.29 is 9.59 Å². The van der Waals surface area contributed by atoms with Crippen molar-refractivity contribution in [2.75, 3.05) is 18.5 Å². The molecular weight excluding hydrogens is 348 g/mol. The highest BCUT2D eigenvalue weighted by Gasteiger charge is 2.51. The molecule has 1 heterocycles. The van der Waals surface area contributed by atoms with Crippen LogP contribution in [0.4, 0.5) is 5.69 Å². The van der Waals surface area contributed by atoms with E-state index in [-0.39, 0.29) is 18.2 Å². The van der Waals surface area contributed by atoms with Gasteiger partial charge in [-0.15, -0.1) is 0 Å². The number of hydrogen-bond acceptors (Lipinski definition) is 2. The van der Waals surface area contributed by atoms with Crippen LogP contribution in [0.3, 0.4) is 0 Å². The number of benzene rings is 2. The minimum Gasteiger partial charge on any atom is -0.340 e. The van der Waals surface area contributed by atoms with Crippen LogP contribution in [0.15, 0.2) is 54.6 Å². The second-order valence-electron chi connectivity index (χ2n) is 8.12. The van der Waals surface area contributed by atoms with E-state index in [0.717, 1.165) is 42.6 Å². The molecule has 1 aliphatic carbocycles. The van der Waals surface area contributed by atoms with Crippen molar-refractivity contribution in [1.82, 2.24) is 4.90 Å². The SMILES string of the molecule is CCCN(C(=O)C[C@]1(Cc2ccccc2)C(=O)N(C)c2ccccc21)C1CC1.